The molecule has 256 valence electrons. The Morgan fingerprint density at radius 3 is 2.52 bits per heavy atom. The number of methoxy groups -OCH3 is 1. The quantitative estimate of drug-likeness (QED) is 0.175. The molecule has 0 unspecified atom stereocenters. The van der Waals surface area contributed by atoms with Crippen LogP contribution < -0.4 is 14.8 Å². The van der Waals surface area contributed by atoms with Crippen molar-refractivity contribution >= 4 is 39.9 Å². The first-order valence-electron chi connectivity index (χ1n) is 19.3. The number of benzene rings is 2. The Labute approximate surface area is 297 Å². The SMILES string of the molecule is [2H]C([2H])(OC)C([2H])([2H])Oc1cc2nccc(Oc3ccc(CC(=O)Cc4cc(C(C)(C)C)nn4C([2H])([2H])C([2H])([2H])N4CCOCC4)cc3Cl)c2cc1NC(C)=O. The number of ketones is 1. The number of ether oxygens (including phenoxy) is 4. The molecule has 11 nitrogen and oxygen atoms in total. The van der Waals surface area contributed by atoms with E-state index in [0.29, 0.717) is 16.6 Å². The molecule has 2 aromatic heterocycles. The van der Waals surface area contributed by atoms with Gasteiger partial charge in [0.2, 0.25) is 5.91 Å². The molecule has 0 spiro atoms. The molecule has 1 saturated heterocycles. The number of morpholine rings is 1. The number of nitrogens with zero attached hydrogens (tertiary/aromatic N) is 4. The Morgan fingerprint density at radius 2 is 1.81 bits per heavy atom. The second-order valence-corrected chi connectivity index (χ2v) is 12.5. The van der Waals surface area contributed by atoms with E-state index < -0.39 is 37.4 Å². The molecule has 0 saturated carbocycles. The van der Waals surface area contributed by atoms with Crippen LogP contribution in [-0.2, 0) is 43.8 Å². The summed E-state index contributed by atoms with van der Waals surface area (Å²) in [5.74, 6) is -0.530. The molecule has 48 heavy (non-hydrogen) atoms. The topological polar surface area (TPSA) is 117 Å². The van der Waals surface area contributed by atoms with Gasteiger partial charge in [0.15, 0.2) is 0 Å². The Hall–Kier alpha value is -4.03. The highest BCUT2D eigenvalue weighted by Gasteiger charge is 2.22. The van der Waals surface area contributed by atoms with E-state index in [1.165, 1.54) is 30.2 Å². The normalized spacial score (nSPS) is 17.5. The fourth-order valence-corrected chi connectivity index (χ4v) is 5.12. The molecule has 0 radical (unpaired) electrons. The van der Waals surface area contributed by atoms with Gasteiger partial charge < -0.3 is 24.3 Å². The zero-order valence-electron chi connectivity index (χ0n) is 35.5. The molecule has 1 amide bonds. The highest BCUT2D eigenvalue weighted by atomic mass is 35.5. The molecule has 4 aromatic rings. The van der Waals surface area contributed by atoms with Crippen molar-refractivity contribution in [2.45, 2.75) is 52.4 Å². The van der Waals surface area contributed by atoms with Crippen molar-refractivity contribution in [2.75, 3.05) is 58.3 Å². The van der Waals surface area contributed by atoms with Crippen LogP contribution in [0.15, 0.2) is 48.7 Å². The molecule has 2 aromatic carbocycles. The predicted octanol–water partition coefficient (Wildman–Crippen LogP) is 5.84. The van der Waals surface area contributed by atoms with Gasteiger partial charge in [0.25, 0.3) is 0 Å². The van der Waals surface area contributed by atoms with E-state index in [1.54, 1.807) is 30.3 Å². The number of aryl methyl sites for hydroxylation is 1. The molecule has 12 heteroatoms. The number of fused-ring (bicyclic) bond motifs is 1. The summed E-state index contributed by atoms with van der Waals surface area (Å²) in [5, 5.41) is 7.59. The number of carbonyl (C=O) groups is 2. The smallest absolute Gasteiger partial charge is 0.221 e. The van der Waals surface area contributed by atoms with E-state index >= 15 is 0 Å². The maximum atomic E-state index is 13.5. The lowest BCUT2D eigenvalue weighted by Gasteiger charge is -2.26. The third-order valence-electron chi connectivity index (χ3n) is 7.29. The lowest BCUT2D eigenvalue weighted by molar-refractivity contribution is -0.118. The van der Waals surface area contributed by atoms with Gasteiger partial charge in [-0.3, -0.25) is 24.2 Å². The van der Waals surface area contributed by atoms with Crippen molar-refractivity contribution in [1.82, 2.24) is 19.7 Å². The number of aromatic nitrogens is 3. The fraction of sp³-hybridized carbons (Fsp3) is 0.444. The maximum Gasteiger partial charge on any atom is 0.221 e. The zero-order valence-corrected chi connectivity index (χ0v) is 28.2. The number of amides is 1. The number of anilines is 1. The summed E-state index contributed by atoms with van der Waals surface area (Å²) in [7, 11) is 0.996. The second kappa shape index (κ2) is 15.9. The maximum absolute atomic E-state index is 13.5. The Kier molecular flexibility index (Phi) is 8.59. The molecular formula is C36H44ClN5O6. The lowest BCUT2D eigenvalue weighted by atomic mass is 9.92. The lowest BCUT2D eigenvalue weighted by Crippen LogP contribution is -2.38. The van der Waals surface area contributed by atoms with Crippen LogP contribution >= 0.6 is 11.6 Å². The third-order valence-corrected chi connectivity index (χ3v) is 7.59. The average Bonchev–Trinajstić information content (AvgIpc) is 3.55. The minimum Gasteiger partial charge on any atom is -0.489 e. The van der Waals surface area contributed by atoms with Crippen molar-refractivity contribution in [3.05, 3.63) is 70.6 Å². The van der Waals surface area contributed by atoms with Gasteiger partial charge in [-0.1, -0.05) is 38.4 Å². The van der Waals surface area contributed by atoms with E-state index in [0.717, 1.165) is 11.8 Å². The van der Waals surface area contributed by atoms with Crippen LogP contribution in [0.4, 0.5) is 5.69 Å². The number of pyridine rings is 1. The average molecular weight is 686 g/mol. The molecule has 1 N–H and O–H groups in total. The van der Waals surface area contributed by atoms with Crippen molar-refractivity contribution in [1.29, 1.82) is 0 Å². The number of hydrogen-bond acceptors (Lipinski definition) is 9. The van der Waals surface area contributed by atoms with Crippen LogP contribution in [0.5, 0.6) is 17.2 Å². The van der Waals surface area contributed by atoms with Gasteiger partial charge in [0.05, 0.1) is 56.4 Å². The van der Waals surface area contributed by atoms with Gasteiger partial charge in [-0.05, 0) is 35.9 Å². The summed E-state index contributed by atoms with van der Waals surface area (Å²) < 4.78 is 89.9. The number of hydrogen-bond donors (Lipinski definition) is 1. The standard InChI is InChI=1S/C36H44ClN5O6/c1-24(43)39-31-22-28-30(23-34(31)47-17-16-45-5)38-9-8-32(28)48-33-7-6-25(19-29(33)37)18-27(44)20-26-21-35(36(2,3)4)40-42(26)11-10-41-12-14-46-15-13-41/h6-9,19,21-23H,10-18,20H2,1-5H3,(H,39,43)/i10D2,11D2,16D2,17D2. The third kappa shape index (κ3) is 9.31. The number of carbonyl (C=O) groups excluding carboxylic acids is 2. The minimum absolute atomic E-state index is 0.0138. The van der Waals surface area contributed by atoms with Gasteiger partial charge >= 0.3 is 0 Å². The van der Waals surface area contributed by atoms with Gasteiger partial charge in [0.1, 0.15) is 29.6 Å². The van der Waals surface area contributed by atoms with Crippen LogP contribution in [0.3, 0.4) is 0 Å². The van der Waals surface area contributed by atoms with Crippen molar-refractivity contribution in [2.24, 2.45) is 0 Å². The monoisotopic (exact) mass is 685 g/mol. The molecule has 5 rings (SSSR count). The first-order valence-corrected chi connectivity index (χ1v) is 15.7. The van der Waals surface area contributed by atoms with Crippen LogP contribution in [0.25, 0.3) is 10.9 Å². The summed E-state index contributed by atoms with van der Waals surface area (Å²) in [6.07, 6.45) is 1.12. The Morgan fingerprint density at radius 1 is 1.02 bits per heavy atom. The number of nitrogens with one attached hydrogen (secondary N) is 1. The number of halogens is 1. The summed E-state index contributed by atoms with van der Waals surface area (Å²) in [5.41, 5.74) is 1.06. The summed E-state index contributed by atoms with van der Waals surface area (Å²) in [6.45, 7) is -2.99. The number of rotatable bonds is 14. The number of Topliss-reactive ketones (excluding diaryl/α,β-unsaturated/α-hetero) is 1. The van der Waals surface area contributed by atoms with E-state index in [9.17, 15) is 9.59 Å². The van der Waals surface area contributed by atoms with Crippen molar-refractivity contribution in [3.63, 3.8) is 0 Å². The molecule has 3 heterocycles. The van der Waals surface area contributed by atoms with E-state index in [-0.39, 0.29) is 84.1 Å². The molecule has 1 fully saturated rings. The van der Waals surface area contributed by atoms with E-state index in [4.69, 9.17) is 36.8 Å². The molecule has 1 aliphatic heterocycles. The van der Waals surface area contributed by atoms with Gasteiger partial charge in [-0.2, -0.15) is 5.10 Å². The second-order valence-electron chi connectivity index (χ2n) is 12.1. The van der Waals surface area contributed by atoms with E-state index in [1.807, 2.05) is 20.8 Å². The molecular weight excluding hydrogens is 634 g/mol. The minimum atomic E-state index is -2.96. The summed E-state index contributed by atoms with van der Waals surface area (Å²) in [6, 6.07) is 10.7. The van der Waals surface area contributed by atoms with Crippen LogP contribution in [0, 0.1) is 0 Å². The molecule has 1 aliphatic rings. The fourth-order valence-electron chi connectivity index (χ4n) is 4.88. The Balaban J connectivity index is 1.38. The highest BCUT2D eigenvalue weighted by Crippen LogP contribution is 2.38. The van der Waals surface area contributed by atoms with Crippen molar-refractivity contribution < 1.29 is 39.5 Å². The molecule has 0 bridgehead atoms. The van der Waals surface area contributed by atoms with Gasteiger partial charge in [-0.25, -0.2) is 0 Å². The van der Waals surface area contributed by atoms with E-state index in [2.05, 4.69) is 20.1 Å². The molecule has 0 atom stereocenters. The van der Waals surface area contributed by atoms with Crippen LogP contribution in [-0.4, -0.2) is 84.4 Å². The Bertz CT molecular complexity index is 2100. The zero-order chi connectivity index (χ0) is 41.4. The van der Waals surface area contributed by atoms with Crippen molar-refractivity contribution in [3.8, 4) is 17.2 Å². The van der Waals surface area contributed by atoms with Gasteiger partial charge in [-0.15, -0.1) is 0 Å². The first kappa shape index (κ1) is 25.9. The summed E-state index contributed by atoms with van der Waals surface area (Å²) in [4.78, 5) is 31.3. The van der Waals surface area contributed by atoms with Crippen LogP contribution in [0.2, 0.25) is 5.02 Å². The van der Waals surface area contributed by atoms with Gasteiger partial charge in [0, 0.05) is 78.0 Å². The van der Waals surface area contributed by atoms with Crippen LogP contribution in [0.1, 0.15) is 55.6 Å². The molecule has 0 aliphatic carbocycles. The predicted molar refractivity (Wildman–Crippen MR) is 186 cm³/mol. The highest BCUT2D eigenvalue weighted by molar-refractivity contribution is 6.32. The largest absolute Gasteiger partial charge is 0.489 e. The summed E-state index contributed by atoms with van der Waals surface area (Å²) >= 11 is 6.65. The first-order chi connectivity index (χ1) is 26.0.